The molecule has 9 nitrogen and oxygen atoms in total. The van der Waals surface area contributed by atoms with Gasteiger partial charge in [-0.2, -0.15) is 4.31 Å². The number of ketones is 1. The molecule has 0 bridgehead atoms. The van der Waals surface area contributed by atoms with Crippen LogP contribution in [0.2, 0.25) is 0 Å². The van der Waals surface area contributed by atoms with Crippen LogP contribution < -0.4 is 4.74 Å². The molecule has 1 fully saturated rings. The quantitative estimate of drug-likeness (QED) is 0.422. The average molecular weight is 426 g/mol. The molecule has 0 atom stereocenters. The van der Waals surface area contributed by atoms with E-state index in [4.69, 9.17) is 9.47 Å². The lowest BCUT2D eigenvalue weighted by Crippen LogP contribution is -2.51. The second-order valence-corrected chi connectivity index (χ2v) is 8.57. The van der Waals surface area contributed by atoms with Crippen LogP contribution in [0.15, 0.2) is 24.3 Å². The predicted octanol–water partition coefficient (Wildman–Crippen LogP) is 0.695. The van der Waals surface area contributed by atoms with Crippen molar-refractivity contribution in [3.05, 3.63) is 29.8 Å². The zero-order valence-electron chi connectivity index (χ0n) is 16.6. The van der Waals surface area contributed by atoms with Crippen molar-refractivity contribution in [3.8, 4) is 5.75 Å². The number of ether oxygens (including phenoxy) is 2. The van der Waals surface area contributed by atoms with Crippen LogP contribution >= 0.6 is 0 Å². The van der Waals surface area contributed by atoms with Crippen LogP contribution in [0, 0.1) is 0 Å². The van der Waals surface area contributed by atoms with Gasteiger partial charge in [0.1, 0.15) is 5.75 Å². The summed E-state index contributed by atoms with van der Waals surface area (Å²) in [4.78, 5) is 37.5. The summed E-state index contributed by atoms with van der Waals surface area (Å²) >= 11 is 0. The molecule has 1 amide bonds. The lowest BCUT2D eigenvalue weighted by Gasteiger charge is -2.33. The Balaban J connectivity index is 1.70. The highest BCUT2D eigenvalue weighted by Gasteiger charge is 2.26. The summed E-state index contributed by atoms with van der Waals surface area (Å²) < 4.78 is 34.5. The first kappa shape index (κ1) is 22.8. The molecular formula is C19H26N2O7S. The van der Waals surface area contributed by atoms with Gasteiger partial charge in [0.15, 0.2) is 12.4 Å². The molecule has 10 heteroatoms. The van der Waals surface area contributed by atoms with Gasteiger partial charge in [-0.1, -0.05) is 0 Å². The Labute approximate surface area is 170 Å². The van der Waals surface area contributed by atoms with Crippen molar-refractivity contribution in [1.82, 2.24) is 9.21 Å². The van der Waals surface area contributed by atoms with Gasteiger partial charge in [0, 0.05) is 38.2 Å². The highest BCUT2D eigenvalue weighted by molar-refractivity contribution is 7.88. The van der Waals surface area contributed by atoms with E-state index in [0.717, 1.165) is 6.26 Å². The molecule has 160 valence electrons. The molecule has 1 aliphatic rings. The molecule has 0 spiro atoms. The van der Waals surface area contributed by atoms with Crippen molar-refractivity contribution in [2.24, 2.45) is 0 Å². The van der Waals surface area contributed by atoms with Crippen LogP contribution in [0.1, 0.15) is 30.1 Å². The largest absolute Gasteiger partial charge is 0.494 e. The Bertz CT molecular complexity index is 829. The van der Waals surface area contributed by atoms with Crippen LogP contribution in [0.25, 0.3) is 0 Å². The van der Waals surface area contributed by atoms with E-state index in [-0.39, 0.29) is 50.7 Å². The molecule has 1 aliphatic heterocycles. The van der Waals surface area contributed by atoms with Gasteiger partial charge < -0.3 is 14.4 Å². The summed E-state index contributed by atoms with van der Waals surface area (Å²) in [6.45, 7) is 2.91. The van der Waals surface area contributed by atoms with Gasteiger partial charge in [0.05, 0.1) is 19.3 Å². The van der Waals surface area contributed by atoms with Gasteiger partial charge in [-0.3, -0.25) is 14.4 Å². The Hall–Kier alpha value is -2.46. The SMILES string of the molecule is CCOc1ccc(C(=O)CCC(=O)OCC(=O)N2CCN(S(C)(=O)=O)CC2)cc1. The predicted molar refractivity (Wildman–Crippen MR) is 105 cm³/mol. The third kappa shape index (κ3) is 7.13. The fraction of sp³-hybridized carbons (Fsp3) is 0.526. The summed E-state index contributed by atoms with van der Waals surface area (Å²) in [7, 11) is -3.27. The molecule has 0 aromatic heterocycles. The number of benzene rings is 1. The second-order valence-electron chi connectivity index (χ2n) is 6.58. The first-order valence-corrected chi connectivity index (χ1v) is 11.2. The number of Topliss-reactive ketones (excluding diaryl/α,β-unsaturated/α-hetero) is 1. The number of carbonyl (C=O) groups excluding carboxylic acids is 3. The normalized spacial score (nSPS) is 15.0. The van der Waals surface area contributed by atoms with Crippen LogP contribution in [-0.4, -0.2) is 80.9 Å². The molecular weight excluding hydrogens is 400 g/mol. The molecule has 2 rings (SSSR count). The summed E-state index contributed by atoms with van der Waals surface area (Å²) in [6, 6.07) is 6.66. The van der Waals surface area contributed by atoms with Crippen molar-refractivity contribution in [2.75, 3.05) is 45.6 Å². The molecule has 1 aromatic carbocycles. The van der Waals surface area contributed by atoms with E-state index in [1.807, 2.05) is 6.92 Å². The first-order valence-electron chi connectivity index (χ1n) is 9.35. The van der Waals surface area contributed by atoms with Crippen LogP contribution in [0.3, 0.4) is 0 Å². The second kappa shape index (κ2) is 10.4. The van der Waals surface area contributed by atoms with Gasteiger partial charge >= 0.3 is 5.97 Å². The molecule has 1 aromatic rings. The van der Waals surface area contributed by atoms with Crippen molar-refractivity contribution < 1.29 is 32.3 Å². The summed E-state index contributed by atoms with van der Waals surface area (Å²) in [5.41, 5.74) is 0.473. The molecule has 0 N–H and O–H groups in total. The van der Waals surface area contributed by atoms with Gasteiger partial charge in [-0.25, -0.2) is 8.42 Å². The minimum absolute atomic E-state index is 0.0198. The van der Waals surface area contributed by atoms with E-state index in [2.05, 4.69) is 0 Å². The molecule has 29 heavy (non-hydrogen) atoms. The topological polar surface area (TPSA) is 110 Å². The Morgan fingerprint density at radius 3 is 2.17 bits per heavy atom. The zero-order valence-corrected chi connectivity index (χ0v) is 17.4. The minimum atomic E-state index is -3.27. The number of hydrogen-bond acceptors (Lipinski definition) is 7. The van der Waals surface area contributed by atoms with Crippen molar-refractivity contribution in [2.45, 2.75) is 19.8 Å². The molecule has 1 saturated heterocycles. The van der Waals surface area contributed by atoms with Crippen LogP contribution in [0.5, 0.6) is 5.75 Å². The fourth-order valence-electron chi connectivity index (χ4n) is 2.84. The summed E-state index contributed by atoms with van der Waals surface area (Å²) in [5, 5.41) is 0. The molecule has 0 unspecified atom stereocenters. The number of rotatable bonds is 9. The van der Waals surface area contributed by atoms with Crippen LogP contribution in [0.4, 0.5) is 0 Å². The maximum Gasteiger partial charge on any atom is 0.306 e. The van der Waals surface area contributed by atoms with Crippen molar-refractivity contribution >= 4 is 27.7 Å². The maximum atomic E-state index is 12.1. The smallest absolute Gasteiger partial charge is 0.306 e. The van der Waals surface area contributed by atoms with E-state index in [0.29, 0.717) is 17.9 Å². The van der Waals surface area contributed by atoms with Crippen molar-refractivity contribution in [3.63, 3.8) is 0 Å². The number of amides is 1. The number of esters is 1. The molecule has 0 saturated carbocycles. The highest BCUT2D eigenvalue weighted by Crippen LogP contribution is 2.14. The highest BCUT2D eigenvalue weighted by atomic mass is 32.2. The first-order chi connectivity index (χ1) is 13.7. The monoisotopic (exact) mass is 426 g/mol. The van der Waals surface area contributed by atoms with E-state index >= 15 is 0 Å². The van der Waals surface area contributed by atoms with E-state index < -0.39 is 22.6 Å². The van der Waals surface area contributed by atoms with E-state index in [1.165, 1.54) is 9.21 Å². The maximum absolute atomic E-state index is 12.1. The molecule has 1 heterocycles. The van der Waals surface area contributed by atoms with Gasteiger partial charge in [-0.05, 0) is 31.2 Å². The Morgan fingerprint density at radius 2 is 1.62 bits per heavy atom. The number of nitrogens with zero attached hydrogens (tertiary/aromatic N) is 2. The average Bonchev–Trinajstić information content (AvgIpc) is 2.70. The molecule has 0 radical (unpaired) electrons. The van der Waals surface area contributed by atoms with Crippen LogP contribution in [-0.2, 0) is 24.3 Å². The third-order valence-corrected chi connectivity index (χ3v) is 5.76. The Morgan fingerprint density at radius 1 is 1.00 bits per heavy atom. The van der Waals surface area contributed by atoms with E-state index in [9.17, 15) is 22.8 Å². The van der Waals surface area contributed by atoms with Gasteiger partial charge in [-0.15, -0.1) is 0 Å². The standard InChI is InChI=1S/C19H26N2O7S/c1-3-27-16-6-4-15(5-7-16)17(22)8-9-19(24)28-14-18(23)20-10-12-21(13-11-20)29(2,25)26/h4-7H,3,8-14H2,1-2H3. The third-order valence-electron chi connectivity index (χ3n) is 4.46. The minimum Gasteiger partial charge on any atom is -0.494 e. The zero-order chi connectivity index (χ0) is 21.4. The Kier molecular flexibility index (Phi) is 8.15. The lowest BCUT2D eigenvalue weighted by atomic mass is 10.1. The number of sulfonamides is 1. The van der Waals surface area contributed by atoms with Gasteiger partial charge in [0.25, 0.3) is 5.91 Å². The number of piperazine rings is 1. The summed E-state index contributed by atoms with van der Waals surface area (Å²) in [5.74, 6) is -0.552. The summed E-state index contributed by atoms with van der Waals surface area (Å²) in [6.07, 6.45) is 0.982. The number of carbonyl (C=O) groups is 3. The molecule has 0 aliphatic carbocycles. The van der Waals surface area contributed by atoms with E-state index in [1.54, 1.807) is 24.3 Å². The van der Waals surface area contributed by atoms with Crippen molar-refractivity contribution in [1.29, 1.82) is 0 Å². The lowest BCUT2D eigenvalue weighted by molar-refractivity contribution is -0.152. The fourth-order valence-corrected chi connectivity index (χ4v) is 3.67. The number of hydrogen-bond donors (Lipinski definition) is 0. The van der Waals surface area contributed by atoms with Gasteiger partial charge in [0.2, 0.25) is 10.0 Å².